The topological polar surface area (TPSA) is 86.0 Å². The lowest BCUT2D eigenvalue weighted by molar-refractivity contribution is -0.116. The van der Waals surface area contributed by atoms with Gasteiger partial charge in [0.25, 0.3) is 5.56 Å². The predicted octanol–water partition coefficient (Wildman–Crippen LogP) is 4.10. The van der Waals surface area contributed by atoms with Crippen LogP contribution in [0.15, 0.2) is 82.4 Å². The second-order valence-electron chi connectivity index (χ2n) is 7.55. The van der Waals surface area contributed by atoms with Gasteiger partial charge in [0.2, 0.25) is 5.91 Å². The standard InChI is InChI=1S/C25H20N4O3S/c1-2-28-24(31)18-10-3-5-12-20(18)29(25(28)32)15-22(30)26-17-9-7-8-16(14-17)23-27-19-11-4-6-13-21(19)33-23/h3-14H,2,15H2,1H3,(H,26,30). The van der Waals surface area contributed by atoms with Crippen molar-refractivity contribution in [3.05, 3.63) is 93.6 Å². The Morgan fingerprint density at radius 2 is 1.76 bits per heavy atom. The van der Waals surface area contributed by atoms with Crippen molar-refractivity contribution in [2.75, 3.05) is 5.32 Å². The van der Waals surface area contributed by atoms with Gasteiger partial charge in [-0.1, -0.05) is 36.4 Å². The van der Waals surface area contributed by atoms with Crippen molar-refractivity contribution >= 4 is 44.1 Å². The van der Waals surface area contributed by atoms with Crippen molar-refractivity contribution in [3.8, 4) is 10.6 Å². The Bertz CT molecular complexity index is 1600. The van der Waals surface area contributed by atoms with E-state index in [1.807, 2.05) is 42.5 Å². The molecule has 1 amide bonds. The van der Waals surface area contributed by atoms with E-state index < -0.39 is 5.69 Å². The first-order chi connectivity index (χ1) is 16.0. The number of nitrogens with zero attached hydrogens (tertiary/aromatic N) is 3. The molecule has 7 nitrogen and oxygen atoms in total. The zero-order valence-electron chi connectivity index (χ0n) is 17.8. The lowest BCUT2D eigenvalue weighted by atomic mass is 10.2. The first-order valence-corrected chi connectivity index (χ1v) is 11.3. The lowest BCUT2D eigenvalue weighted by Crippen LogP contribution is -2.41. The zero-order chi connectivity index (χ0) is 22.9. The van der Waals surface area contributed by atoms with E-state index in [1.54, 1.807) is 48.6 Å². The summed E-state index contributed by atoms with van der Waals surface area (Å²) < 4.78 is 3.58. The van der Waals surface area contributed by atoms with E-state index in [-0.39, 0.29) is 24.6 Å². The monoisotopic (exact) mass is 456 g/mol. The molecule has 5 aromatic rings. The molecular formula is C25H20N4O3S. The molecule has 164 valence electrons. The van der Waals surface area contributed by atoms with Gasteiger partial charge >= 0.3 is 5.69 Å². The van der Waals surface area contributed by atoms with Gasteiger partial charge in [-0.15, -0.1) is 11.3 Å². The van der Waals surface area contributed by atoms with Crippen molar-refractivity contribution < 1.29 is 4.79 Å². The van der Waals surface area contributed by atoms with Crippen LogP contribution in [-0.4, -0.2) is 20.0 Å². The quantitative estimate of drug-likeness (QED) is 0.431. The summed E-state index contributed by atoms with van der Waals surface area (Å²) in [5.41, 5.74) is 2.03. The number of hydrogen-bond donors (Lipinski definition) is 1. The van der Waals surface area contributed by atoms with Gasteiger partial charge in [-0.25, -0.2) is 9.78 Å². The van der Waals surface area contributed by atoms with Crippen LogP contribution < -0.4 is 16.6 Å². The number of rotatable bonds is 5. The molecule has 8 heteroatoms. The van der Waals surface area contributed by atoms with E-state index in [1.165, 1.54) is 4.57 Å². The molecule has 0 saturated carbocycles. The van der Waals surface area contributed by atoms with E-state index in [0.29, 0.717) is 16.6 Å². The van der Waals surface area contributed by atoms with E-state index in [9.17, 15) is 14.4 Å². The Hall–Kier alpha value is -4.04. The van der Waals surface area contributed by atoms with E-state index in [0.717, 1.165) is 25.4 Å². The maximum Gasteiger partial charge on any atom is 0.331 e. The number of carbonyl (C=O) groups excluding carboxylic acids is 1. The molecule has 0 bridgehead atoms. The smallest absolute Gasteiger partial charge is 0.325 e. The minimum atomic E-state index is -0.500. The van der Waals surface area contributed by atoms with Gasteiger partial charge in [0.05, 0.1) is 21.1 Å². The summed E-state index contributed by atoms with van der Waals surface area (Å²) in [6.07, 6.45) is 0. The van der Waals surface area contributed by atoms with Crippen LogP contribution in [0.5, 0.6) is 0 Å². The minimum Gasteiger partial charge on any atom is -0.325 e. The molecule has 0 saturated heterocycles. The van der Waals surface area contributed by atoms with Gasteiger partial charge in [0.1, 0.15) is 11.6 Å². The first kappa shape index (κ1) is 20.8. The van der Waals surface area contributed by atoms with Gasteiger partial charge < -0.3 is 5.32 Å². The third kappa shape index (κ3) is 3.85. The van der Waals surface area contributed by atoms with Gasteiger partial charge in [0, 0.05) is 17.8 Å². The molecular weight excluding hydrogens is 436 g/mol. The van der Waals surface area contributed by atoms with Gasteiger partial charge in [-0.3, -0.25) is 18.7 Å². The first-order valence-electron chi connectivity index (χ1n) is 10.5. The summed E-state index contributed by atoms with van der Waals surface area (Å²) in [5, 5.41) is 4.14. The van der Waals surface area contributed by atoms with E-state index in [2.05, 4.69) is 10.3 Å². The van der Waals surface area contributed by atoms with E-state index >= 15 is 0 Å². The highest BCUT2D eigenvalue weighted by molar-refractivity contribution is 7.21. The molecule has 2 aromatic heterocycles. The van der Waals surface area contributed by atoms with Crippen LogP contribution in [0.4, 0.5) is 5.69 Å². The normalized spacial score (nSPS) is 11.2. The van der Waals surface area contributed by atoms with Crippen LogP contribution in [0.1, 0.15) is 6.92 Å². The average Bonchev–Trinajstić information content (AvgIpc) is 3.27. The lowest BCUT2D eigenvalue weighted by Gasteiger charge is -2.13. The zero-order valence-corrected chi connectivity index (χ0v) is 18.6. The van der Waals surface area contributed by atoms with Crippen molar-refractivity contribution in [3.63, 3.8) is 0 Å². The summed E-state index contributed by atoms with van der Waals surface area (Å²) in [7, 11) is 0. The number of fused-ring (bicyclic) bond motifs is 2. The van der Waals surface area contributed by atoms with Crippen LogP contribution in [0, 0.1) is 0 Å². The average molecular weight is 457 g/mol. The molecule has 0 aliphatic carbocycles. The van der Waals surface area contributed by atoms with Crippen LogP contribution in [0.2, 0.25) is 0 Å². The Balaban J connectivity index is 1.45. The van der Waals surface area contributed by atoms with Crippen molar-refractivity contribution in [2.45, 2.75) is 20.0 Å². The van der Waals surface area contributed by atoms with Crippen molar-refractivity contribution in [1.82, 2.24) is 14.1 Å². The fourth-order valence-electron chi connectivity index (χ4n) is 3.87. The fourth-order valence-corrected chi connectivity index (χ4v) is 4.83. The second kappa shape index (κ2) is 8.48. The number of benzene rings is 3. The molecule has 0 fully saturated rings. The Kier molecular flexibility index (Phi) is 5.35. The van der Waals surface area contributed by atoms with Crippen LogP contribution in [-0.2, 0) is 17.9 Å². The molecule has 0 radical (unpaired) electrons. The molecule has 3 aromatic carbocycles. The third-order valence-corrected chi connectivity index (χ3v) is 6.52. The molecule has 2 heterocycles. The van der Waals surface area contributed by atoms with Crippen molar-refractivity contribution in [1.29, 1.82) is 0 Å². The van der Waals surface area contributed by atoms with Crippen LogP contribution >= 0.6 is 11.3 Å². The summed E-state index contributed by atoms with van der Waals surface area (Å²) in [6, 6.07) is 22.2. The SMILES string of the molecule is CCn1c(=O)c2ccccc2n(CC(=O)Nc2cccc(-c3nc4ccccc4s3)c2)c1=O. The summed E-state index contributed by atoms with van der Waals surface area (Å²) in [6.45, 7) is 1.76. The predicted molar refractivity (Wildman–Crippen MR) is 132 cm³/mol. The molecule has 5 rings (SSSR count). The van der Waals surface area contributed by atoms with Crippen LogP contribution in [0.25, 0.3) is 31.7 Å². The molecule has 0 aliphatic heterocycles. The maximum atomic E-state index is 12.9. The van der Waals surface area contributed by atoms with Gasteiger partial charge in [-0.05, 0) is 43.3 Å². The number of hydrogen-bond acceptors (Lipinski definition) is 5. The second-order valence-corrected chi connectivity index (χ2v) is 8.58. The number of carbonyl (C=O) groups is 1. The molecule has 33 heavy (non-hydrogen) atoms. The Morgan fingerprint density at radius 1 is 0.970 bits per heavy atom. The number of thiazole rings is 1. The molecule has 0 spiro atoms. The Labute approximate surface area is 192 Å². The summed E-state index contributed by atoms with van der Waals surface area (Å²) >= 11 is 1.59. The number of aromatic nitrogens is 3. The molecule has 0 unspecified atom stereocenters. The third-order valence-electron chi connectivity index (χ3n) is 5.44. The molecule has 1 N–H and O–H groups in total. The highest BCUT2D eigenvalue weighted by Crippen LogP contribution is 2.31. The summed E-state index contributed by atoms with van der Waals surface area (Å²) in [5.74, 6) is -0.356. The Morgan fingerprint density at radius 3 is 2.58 bits per heavy atom. The van der Waals surface area contributed by atoms with E-state index in [4.69, 9.17) is 0 Å². The van der Waals surface area contributed by atoms with Crippen LogP contribution in [0.3, 0.4) is 0 Å². The highest BCUT2D eigenvalue weighted by atomic mass is 32.1. The van der Waals surface area contributed by atoms with Crippen molar-refractivity contribution in [2.24, 2.45) is 0 Å². The van der Waals surface area contributed by atoms with Gasteiger partial charge in [-0.2, -0.15) is 0 Å². The molecule has 0 aliphatic rings. The number of nitrogens with one attached hydrogen (secondary N) is 1. The summed E-state index contributed by atoms with van der Waals surface area (Å²) in [4.78, 5) is 43.0. The maximum absolute atomic E-state index is 12.9. The largest absolute Gasteiger partial charge is 0.331 e. The number of anilines is 1. The van der Waals surface area contributed by atoms with Gasteiger partial charge in [0.15, 0.2) is 0 Å². The number of amides is 1. The minimum absolute atomic E-state index is 0.203. The number of para-hydroxylation sites is 2. The molecule has 0 atom stereocenters. The fraction of sp³-hybridized carbons (Fsp3) is 0.120. The highest BCUT2D eigenvalue weighted by Gasteiger charge is 2.15.